The van der Waals surface area contributed by atoms with Crippen molar-refractivity contribution >= 4 is 17.4 Å². The molecule has 0 unspecified atom stereocenters. The van der Waals surface area contributed by atoms with Crippen molar-refractivity contribution in [3.63, 3.8) is 0 Å². The number of amides is 2. The molecule has 8 heteroatoms. The third-order valence-electron chi connectivity index (χ3n) is 2.73. The van der Waals surface area contributed by atoms with Crippen molar-refractivity contribution in [1.29, 1.82) is 0 Å². The van der Waals surface area contributed by atoms with Gasteiger partial charge in [0.1, 0.15) is 5.75 Å². The fourth-order valence-corrected chi connectivity index (χ4v) is 1.70. The van der Waals surface area contributed by atoms with E-state index >= 15 is 0 Å². The Morgan fingerprint density at radius 3 is 2.68 bits per heavy atom. The van der Waals surface area contributed by atoms with Gasteiger partial charge in [0, 0.05) is 19.2 Å². The minimum atomic E-state index is -0.618. The van der Waals surface area contributed by atoms with Gasteiger partial charge in [0.25, 0.3) is 5.69 Å². The van der Waals surface area contributed by atoms with Crippen LogP contribution in [0.25, 0.3) is 0 Å². The van der Waals surface area contributed by atoms with Crippen molar-refractivity contribution in [3.05, 3.63) is 28.3 Å². The SMILES string of the molecule is O=C(Nc1ccc([N+](=O)[O-])cc1O)N1CCOCC1. The van der Waals surface area contributed by atoms with E-state index in [2.05, 4.69) is 5.32 Å². The van der Waals surface area contributed by atoms with E-state index < -0.39 is 4.92 Å². The molecular weight excluding hydrogens is 254 g/mol. The maximum atomic E-state index is 11.9. The summed E-state index contributed by atoms with van der Waals surface area (Å²) in [7, 11) is 0. The summed E-state index contributed by atoms with van der Waals surface area (Å²) >= 11 is 0. The van der Waals surface area contributed by atoms with Crippen LogP contribution in [0.4, 0.5) is 16.2 Å². The number of aromatic hydroxyl groups is 1. The van der Waals surface area contributed by atoms with E-state index in [9.17, 15) is 20.0 Å². The maximum absolute atomic E-state index is 11.9. The van der Waals surface area contributed by atoms with Crippen LogP contribution >= 0.6 is 0 Å². The summed E-state index contributed by atoms with van der Waals surface area (Å²) < 4.78 is 5.12. The number of morpholine rings is 1. The van der Waals surface area contributed by atoms with Crippen LogP contribution in [0, 0.1) is 10.1 Å². The van der Waals surface area contributed by atoms with Gasteiger partial charge in [0.2, 0.25) is 0 Å². The molecule has 0 radical (unpaired) electrons. The van der Waals surface area contributed by atoms with E-state index in [1.54, 1.807) is 4.90 Å². The lowest BCUT2D eigenvalue weighted by Gasteiger charge is -2.27. The zero-order chi connectivity index (χ0) is 13.8. The number of nitro benzene ring substituents is 1. The zero-order valence-electron chi connectivity index (χ0n) is 10.0. The topological polar surface area (TPSA) is 105 Å². The molecule has 0 spiro atoms. The highest BCUT2D eigenvalue weighted by molar-refractivity contribution is 5.91. The normalized spacial score (nSPS) is 15.1. The molecule has 19 heavy (non-hydrogen) atoms. The number of phenols is 1. The molecule has 1 aromatic carbocycles. The molecule has 8 nitrogen and oxygen atoms in total. The first kappa shape index (κ1) is 13.1. The quantitative estimate of drug-likeness (QED) is 0.475. The van der Waals surface area contributed by atoms with Gasteiger partial charge >= 0.3 is 6.03 Å². The average molecular weight is 267 g/mol. The Labute approximate surface area is 108 Å². The van der Waals surface area contributed by atoms with Crippen LogP contribution in [0.5, 0.6) is 5.75 Å². The fraction of sp³-hybridized carbons (Fsp3) is 0.364. The lowest BCUT2D eigenvalue weighted by atomic mass is 10.2. The highest BCUT2D eigenvalue weighted by atomic mass is 16.6. The maximum Gasteiger partial charge on any atom is 0.322 e. The van der Waals surface area contributed by atoms with Gasteiger partial charge in [0.15, 0.2) is 0 Å². The molecule has 0 aromatic heterocycles. The third-order valence-corrected chi connectivity index (χ3v) is 2.73. The smallest absolute Gasteiger partial charge is 0.322 e. The van der Waals surface area contributed by atoms with Crippen LogP contribution < -0.4 is 5.32 Å². The summed E-state index contributed by atoms with van der Waals surface area (Å²) in [6.07, 6.45) is 0. The van der Waals surface area contributed by atoms with Crippen molar-refractivity contribution in [2.45, 2.75) is 0 Å². The van der Waals surface area contributed by atoms with E-state index in [0.717, 1.165) is 6.07 Å². The van der Waals surface area contributed by atoms with Gasteiger partial charge in [-0.25, -0.2) is 4.79 Å². The number of phenolic OH excluding ortho intramolecular Hbond substituents is 1. The number of benzene rings is 1. The van der Waals surface area contributed by atoms with E-state index in [-0.39, 0.29) is 23.2 Å². The number of urea groups is 1. The Hall–Kier alpha value is -2.35. The molecule has 1 aromatic rings. The largest absolute Gasteiger partial charge is 0.506 e. The van der Waals surface area contributed by atoms with Crippen molar-refractivity contribution in [3.8, 4) is 5.75 Å². The van der Waals surface area contributed by atoms with E-state index in [4.69, 9.17) is 4.74 Å². The first-order valence-electron chi connectivity index (χ1n) is 5.69. The molecule has 102 valence electrons. The first-order valence-corrected chi connectivity index (χ1v) is 5.69. The molecular formula is C11H13N3O5. The molecule has 0 atom stereocenters. The van der Waals surface area contributed by atoms with Gasteiger partial charge < -0.3 is 20.1 Å². The zero-order valence-corrected chi connectivity index (χ0v) is 10.0. The van der Waals surface area contributed by atoms with Crippen LogP contribution in [0.3, 0.4) is 0 Å². The second kappa shape index (κ2) is 5.53. The van der Waals surface area contributed by atoms with E-state index in [1.807, 2.05) is 0 Å². The molecule has 0 bridgehead atoms. The van der Waals surface area contributed by atoms with Crippen molar-refractivity contribution in [1.82, 2.24) is 4.90 Å². The molecule has 1 fully saturated rings. The van der Waals surface area contributed by atoms with Crippen molar-refractivity contribution in [2.24, 2.45) is 0 Å². The van der Waals surface area contributed by atoms with Gasteiger partial charge in [-0.15, -0.1) is 0 Å². The second-order valence-corrected chi connectivity index (χ2v) is 3.99. The molecule has 0 aliphatic carbocycles. The number of nitro groups is 1. The number of ether oxygens (including phenoxy) is 1. The molecule has 1 saturated heterocycles. The number of hydrogen-bond acceptors (Lipinski definition) is 5. The Kier molecular flexibility index (Phi) is 3.81. The fourth-order valence-electron chi connectivity index (χ4n) is 1.70. The van der Waals surface area contributed by atoms with Crippen molar-refractivity contribution in [2.75, 3.05) is 31.6 Å². The van der Waals surface area contributed by atoms with Crippen molar-refractivity contribution < 1.29 is 19.6 Å². The number of hydrogen-bond donors (Lipinski definition) is 2. The lowest BCUT2D eigenvalue weighted by Crippen LogP contribution is -2.43. The highest BCUT2D eigenvalue weighted by Gasteiger charge is 2.18. The summed E-state index contributed by atoms with van der Waals surface area (Å²) in [4.78, 5) is 23.3. The number of nitrogens with one attached hydrogen (secondary N) is 1. The molecule has 1 aliphatic rings. The van der Waals surface area contributed by atoms with E-state index in [1.165, 1.54) is 12.1 Å². The van der Waals surface area contributed by atoms with Crippen LogP contribution in [0.2, 0.25) is 0 Å². The minimum absolute atomic E-state index is 0.141. The summed E-state index contributed by atoms with van der Waals surface area (Å²) in [5, 5.41) is 22.6. The van der Waals surface area contributed by atoms with Gasteiger partial charge in [-0.05, 0) is 6.07 Å². The number of non-ortho nitro benzene ring substituents is 1. The van der Waals surface area contributed by atoms with Crippen LogP contribution in [-0.4, -0.2) is 47.3 Å². The second-order valence-electron chi connectivity index (χ2n) is 3.99. The van der Waals surface area contributed by atoms with Gasteiger partial charge in [-0.1, -0.05) is 0 Å². The molecule has 2 rings (SSSR count). The summed E-state index contributed by atoms with van der Waals surface area (Å²) in [6, 6.07) is 3.14. The molecule has 1 aliphatic heterocycles. The van der Waals surface area contributed by atoms with Gasteiger partial charge in [0.05, 0.1) is 29.9 Å². The Morgan fingerprint density at radius 1 is 1.42 bits per heavy atom. The van der Waals surface area contributed by atoms with Gasteiger partial charge in [-0.2, -0.15) is 0 Å². The van der Waals surface area contributed by atoms with Crippen LogP contribution in [0.15, 0.2) is 18.2 Å². The summed E-state index contributed by atoms with van der Waals surface area (Å²) in [6.45, 7) is 1.89. The Morgan fingerprint density at radius 2 is 2.11 bits per heavy atom. The molecule has 2 amide bonds. The highest BCUT2D eigenvalue weighted by Crippen LogP contribution is 2.28. The standard InChI is InChI=1S/C11H13N3O5/c15-10-7-8(14(17)18)1-2-9(10)12-11(16)13-3-5-19-6-4-13/h1-2,7,15H,3-6H2,(H,12,16). The number of nitrogens with zero attached hydrogens (tertiary/aromatic N) is 2. The predicted octanol–water partition coefficient (Wildman–Crippen LogP) is 1.16. The van der Waals surface area contributed by atoms with E-state index in [0.29, 0.717) is 26.3 Å². The number of carbonyl (C=O) groups excluding carboxylic acids is 1. The molecule has 2 N–H and O–H groups in total. The van der Waals surface area contributed by atoms with Crippen LogP contribution in [-0.2, 0) is 4.74 Å². The molecule has 0 saturated carbocycles. The minimum Gasteiger partial charge on any atom is -0.506 e. The monoisotopic (exact) mass is 267 g/mol. The average Bonchev–Trinajstić information content (AvgIpc) is 2.41. The summed E-state index contributed by atoms with van der Waals surface area (Å²) in [5.41, 5.74) is -0.0936. The summed E-state index contributed by atoms with van der Waals surface area (Å²) in [5.74, 6) is -0.337. The first-order chi connectivity index (χ1) is 9.08. The third kappa shape index (κ3) is 3.10. The lowest BCUT2D eigenvalue weighted by molar-refractivity contribution is -0.384. The predicted molar refractivity (Wildman–Crippen MR) is 66.2 cm³/mol. The molecule has 1 heterocycles. The number of carbonyl (C=O) groups is 1. The Bertz CT molecular complexity index is 499. The van der Waals surface area contributed by atoms with Crippen LogP contribution in [0.1, 0.15) is 0 Å². The van der Waals surface area contributed by atoms with Gasteiger partial charge in [-0.3, -0.25) is 10.1 Å². The number of rotatable bonds is 2. The number of anilines is 1. The Balaban J connectivity index is 2.06.